The van der Waals surface area contributed by atoms with Crippen LogP contribution in [0.1, 0.15) is 40.1 Å². The van der Waals surface area contributed by atoms with Gasteiger partial charge in [-0.1, -0.05) is 17.7 Å². The average Bonchev–Trinajstić information content (AvgIpc) is 3.27. The Morgan fingerprint density at radius 2 is 2.00 bits per heavy atom. The van der Waals surface area contributed by atoms with E-state index in [0.717, 1.165) is 0 Å². The highest BCUT2D eigenvalue weighted by atomic mass is 35.5. The smallest absolute Gasteiger partial charge is 0.273 e. The number of amides is 1. The minimum Gasteiger partial charge on any atom is -0.507 e. The average molecular weight is 444 g/mol. The number of ether oxygens (including phenoxy) is 1. The molecule has 4 N–H and O–H groups in total. The first-order valence-electron chi connectivity index (χ1n) is 9.82. The summed E-state index contributed by atoms with van der Waals surface area (Å²) in [4.78, 5) is 14.6. The van der Waals surface area contributed by atoms with E-state index in [1.165, 1.54) is 11.0 Å². The summed E-state index contributed by atoms with van der Waals surface area (Å²) in [5, 5.41) is 37.8. The van der Waals surface area contributed by atoms with Crippen LogP contribution in [0.5, 0.6) is 17.2 Å². The Kier molecular flexibility index (Phi) is 5.51. The van der Waals surface area contributed by atoms with Crippen molar-refractivity contribution in [3.63, 3.8) is 0 Å². The van der Waals surface area contributed by atoms with Gasteiger partial charge in [0, 0.05) is 22.7 Å². The number of nitrogens with one attached hydrogen (secondary N) is 1. The standard InChI is InChI=1S/C22H22ClN3O5/c1-3-31-17-9-12(4-5-15(17)28)21-18-19(13-10-14(23)11(2)8-16(13)29)24-25-20(18)22(30)26(21)6-7-27/h4-5,8-10,21,27-29H,3,6-7H2,1-2H3,(H,24,25)/t21-/m0/s1. The van der Waals surface area contributed by atoms with Crippen molar-refractivity contribution in [2.24, 2.45) is 0 Å². The Balaban J connectivity index is 1.92. The van der Waals surface area contributed by atoms with E-state index >= 15 is 0 Å². The summed E-state index contributed by atoms with van der Waals surface area (Å²) in [6, 6.07) is 7.40. The molecule has 0 fully saturated rings. The van der Waals surface area contributed by atoms with Crippen molar-refractivity contribution in [1.82, 2.24) is 15.1 Å². The van der Waals surface area contributed by atoms with Gasteiger partial charge in [-0.25, -0.2) is 0 Å². The number of H-pyrrole nitrogens is 1. The molecule has 1 aliphatic heterocycles. The number of phenols is 2. The summed E-state index contributed by atoms with van der Waals surface area (Å²) < 4.78 is 5.51. The molecule has 31 heavy (non-hydrogen) atoms. The largest absolute Gasteiger partial charge is 0.507 e. The zero-order valence-electron chi connectivity index (χ0n) is 17.0. The second-order valence-corrected chi connectivity index (χ2v) is 7.67. The molecular formula is C22H22ClN3O5. The van der Waals surface area contributed by atoms with Gasteiger partial charge in [-0.3, -0.25) is 9.89 Å². The number of β-amino-alcohol motifs (C(OH)–C–C–N with tert-alkyl or cyclic N) is 1. The van der Waals surface area contributed by atoms with E-state index in [0.29, 0.717) is 39.6 Å². The molecule has 0 radical (unpaired) electrons. The number of carbonyl (C=O) groups excluding carboxylic acids is 1. The van der Waals surface area contributed by atoms with E-state index in [2.05, 4.69) is 10.2 Å². The Hall–Kier alpha value is -3.23. The summed E-state index contributed by atoms with van der Waals surface area (Å²) in [5.74, 6) is -0.0596. The Labute approximate surface area is 183 Å². The number of aromatic hydroxyl groups is 2. The lowest BCUT2D eigenvalue weighted by molar-refractivity contribution is 0.0706. The van der Waals surface area contributed by atoms with Gasteiger partial charge in [0.2, 0.25) is 0 Å². The van der Waals surface area contributed by atoms with Crippen molar-refractivity contribution in [2.45, 2.75) is 19.9 Å². The SMILES string of the molecule is CCOc1cc([C@H]2c3c(-c4cc(Cl)c(C)cc4O)n[nH]c3C(=O)N2CCO)ccc1O. The van der Waals surface area contributed by atoms with Crippen LogP contribution in [-0.2, 0) is 0 Å². The number of aromatic nitrogens is 2. The first-order valence-corrected chi connectivity index (χ1v) is 10.2. The predicted octanol–water partition coefficient (Wildman–Crippen LogP) is 3.39. The normalized spacial score (nSPS) is 15.4. The molecular weight excluding hydrogens is 422 g/mol. The molecule has 2 aromatic carbocycles. The molecule has 0 unspecified atom stereocenters. The van der Waals surface area contributed by atoms with Gasteiger partial charge in [0.1, 0.15) is 17.1 Å². The van der Waals surface area contributed by atoms with Crippen LogP contribution in [-0.4, -0.2) is 56.1 Å². The third kappa shape index (κ3) is 3.47. The number of hydrogen-bond acceptors (Lipinski definition) is 6. The van der Waals surface area contributed by atoms with Crippen LogP contribution in [0.4, 0.5) is 0 Å². The number of phenolic OH excluding ortho intramolecular Hbond substituents is 2. The molecule has 0 aliphatic carbocycles. The molecule has 0 saturated carbocycles. The number of fused-ring (bicyclic) bond motifs is 1. The number of carbonyl (C=O) groups is 1. The van der Waals surface area contributed by atoms with Crippen molar-refractivity contribution in [1.29, 1.82) is 0 Å². The van der Waals surface area contributed by atoms with Gasteiger partial charge in [0.25, 0.3) is 5.91 Å². The molecule has 2 heterocycles. The molecule has 9 heteroatoms. The molecule has 1 atom stereocenters. The van der Waals surface area contributed by atoms with Crippen LogP contribution in [0.2, 0.25) is 5.02 Å². The Morgan fingerprint density at radius 1 is 1.23 bits per heavy atom. The summed E-state index contributed by atoms with van der Waals surface area (Å²) in [6.07, 6.45) is 0. The van der Waals surface area contributed by atoms with Crippen LogP contribution >= 0.6 is 11.6 Å². The lowest BCUT2D eigenvalue weighted by Crippen LogP contribution is -2.32. The maximum atomic E-state index is 13.1. The second-order valence-electron chi connectivity index (χ2n) is 7.26. The van der Waals surface area contributed by atoms with Gasteiger partial charge in [-0.15, -0.1) is 0 Å². The lowest BCUT2D eigenvalue weighted by atomic mass is 9.95. The number of aliphatic hydroxyl groups is 1. The third-order valence-corrected chi connectivity index (χ3v) is 5.74. The van der Waals surface area contributed by atoms with Crippen molar-refractivity contribution < 1.29 is 24.9 Å². The molecule has 3 aromatic rings. The number of benzene rings is 2. The first-order chi connectivity index (χ1) is 14.9. The molecule has 0 bridgehead atoms. The summed E-state index contributed by atoms with van der Waals surface area (Å²) in [7, 11) is 0. The van der Waals surface area contributed by atoms with E-state index < -0.39 is 6.04 Å². The van der Waals surface area contributed by atoms with Gasteiger partial charge in [-0.2, -0.15) is 5.10 Å². The van der Waals surface area contributed by atoms with Crippen molar-refractivity contribution in [3.05, 3.63) is 57.7 Å². The number of aryl methyl sites for hydroxylation is 1. The fourth-order valence-electron chi connectivity index (χ4n) is 3.91. The van der Waals surface area contributed by atoms with E-state index in [-0.39, 0.29) is 42.0 Å². The van der Waals surface area contributed by atoms with Crippen LogP contribution < -0.4 is 4.74 Å². The highest BCUT2D eigenvalue weighted by molar-refractivity contribution is 6.31. The van der Waals surface area contributed by atoms with Gasteiger partial charge >= 0.3 is 0 Å². The van der Waals surface area contributed by atoms with Crippen LogP contribution in [0.3, 0.4) is 0 Å². The van der Waals surface area contributed by atoms with Crippen molar-refractivity contribution in [3.8, 4) is 28.5 Å². The molecule has 8 nitrogen and oxygen atoms in total. The number of hydrogen-bond donors (Lipinski definition) is 4. The highest BCUT2D eigenvalue weighted by Crippen LogP contribution is 2.46. The van der Waals surface area contributed by atoms with E-state index in [1.807, 2.05) is 0 Å². The fourth-order valence-corrected chi connectivity index (χ4v) is 4.08. The Morgan fingerprint density at radius 3 is 2.71 bits per heavy atom. The molecule has 0 spiro atoms. The molecule has 1 aromatic heterocycles. The van der Waals surface area contributed by atoms with Gasteiger partial charge in [0.15, 0.2) is 11.5 Å². The van der Waals surface area contributed by atoms with Gasteiger partial charge < -0.3 is 25.0 Å². The molecule has 1 amide bonds. The quantitative estimate of drug-likeness (QED) is 0.463. The van der Waals surface area contributed by atoms with E-state index in [9.17, 15) is 20.1 Å². The van der Waals surface area contributed by atoms with E-state index in [4.69, 9.17) is 16.3 Å². The maximum Gasteiger partial charge on any atom is 0.273 e. The zero-order valence-corrected chi connectivity index (χ0v) is 17.8. The number of rotatable bonds is 6. The number of halogens is 1. The van der Waals surface area contributed by atoms with Crippen molar-refractivity contribution in [2.75, 3.05) is 19.8 Å². The second kappa shape index (κ2) is 8.13. The summed E-state index contributed by atoms with van der Waals surface area (Å²) in [5.41, 5.74) is 2.99. The molecule has 0 saturated heterocycles. The lowest BCUT2D eigenvalue weighted by Gasteiger charge is -2.26. The Bertz CT molecular complexity index is 1160. The number of aliphatic hydroxyl groups excluding tert-OH is 1. The van der Waals surface area contributed by atoms with Gasteiger partial charge in [-0.05, 0) is 49.2 Å². The maximum absolute atomic E-state index is 13.1. The van der Waals surface area contributed by atoms with Crippen LogP contribution in [0, 0.1) is 6.92 Å². The fraction of sp³-hybridized carbons (Fsp3) is 0.273. The minimum atomic E-state index is -0.609. The highest BCUT2D eigenvalue weighted by Gasteiger charge is 2.42. The number of nitrogens with zero attached hydrogens (tertiary/aromatic N) is 2. The monoisotopic (exact) mass is 443 g/mol. The van der Waals surface area contributed by atoms with Crippen molar-refractivity contribution >= 4 is 17.5 Å². The topological polar surface area (TPSA) is 119 Å². The first kappa shape index (κ1) is 21.0. The summed E-state index contributed by atoms with van der Waals surface area (Å²) in [6.45, 7) is 3.81. The number of aromatic amines is 1. The molecule has 4 rings (SSSR count). The molecule has 162 valence electrons. The predicted molar refractivity (Wildman–Crippen MR) is 115 cm³/mol. The van der Waals surface area contributed by atoms with Crippen LogP contribution in [0.25, 0.3) is 11.3 Å². The van der Waals surface area contributed by atoms with Gasteiger partial charge in [0.05, 0.1) is 19.3 Å². The summed E-state index contributed by atoms with van der Waals surface area (Å²) >= 11 is 6.28. The minimum absolute atomic E-state index is 0.0104. The van der Waals surface area contributed by atoms with E-state index in [1.54, 1.807) is 38.1 Å². The molecule has 1 aliphatic rings. The zero-order chi connectivity index (χ0) is 22.3. The van der Waals surface area contributed by atoms with Crippen LogP contribution in [0.15, 0.2) is 30.3 Å². The third-order valence-electron chi connectivity index (χ3n) is 5.34.